The average molecular weight is 557 g/mol. The molecule has 3 atom stereocenters. The first-order valence-electron chi connectivity index (χ1n) is 13.6. The maximum Gasteiger partial charge on any atom is 0.306 e. The molecule has 0 amide bonds. The Kier molecular flexibility index (Phi) is 11.2. The van der Waals surface area contributed by atoms with Crippen molar-refractivity contribution in [2.75, 3.05) is 19.7 Å². The van der Waals surface area contributed by atoms with Crippen molar-refractivity contribution in [1.29, 1.82) is 5.53 Å². The molecule has 10 heteroatoms. The lowest BCUT2D eigenvalue weighted by atomic mass is 9.88. The number of hydrogen-bond acceptors (Lipinski definition) is 8. The van der Waals surface area contributed by atoms with Crippen LogP contribution in [0.4, 0.5) is 0 Å². The third kappa shape index (κ3) is 7.95. The van der Waals surface area contributed by atoms with Crippen molar-refractivity contribution >= 4 is 22.2 Å². The fourth-order valence-electron chi connectivity index (χ4n) is 4.69. The summed E-state index contributed by atoms with van der Waals surface area (Å²) in [6, 6.07) is 12.4. The second-order valence-electron chi connectivity index (χ2n) is 9.71. The molecule has 0 saturated carbocycles. The number of aryl methyl sites for hydroxylation is 1. The van der Waals surface area contributed by atoms with Gasteiger partial charge in [-0.25, -0.2) is 13.9 Å². The predicted molar refractivity (Wildman–Crippen MR) is 151 cm³/mol. The lowest BCUT2D eigenvalue weighted by Crippen LogP contribution is -2.36. The van der Waals surface area contributed by atoms with Gasteiger partial charge in [-0.1, -0.05) is 37.3 Å². The molecule has 212 valence electrons. The molecule has 1 heterocycles. The first-order chi connectivity index (χ1) is 18.7. The number of para-hydroxylation sites is 1. The molecule has 0 radical (unpaired) electrons. The number of carbonyl (C=O) groups excluding carboxylic acids is 1. The van der Waals surface area contributed by atoms with E-state index in [1.807, 2.05) is 39.0 Å². The Hall–Kier alpha value is -3.11. The smallest absolute Gasteiger partial charge is 0.306 e. The highest BCUT2D eigenvalue weighted by molar-refractivity contribution is 7.89. The van der Waals surface area contributed by atoms with Gasteiger partial charge in [0.25, 0.3) is 0 Å². The van der Waals surface area contributed by atoms with Crippen LogP contribution < -0.4 is 4.74 Å². The van der Waals surface area contributed by atoms with Gasteiger partial charge in [0.2, 0.25) is 10.0 Å². The van der Waals surface area contributed by atoms with Gasteiger partial charge in [0, 0.05) is 19.3 Å². The summed E-state index contributed by atoms with van der Waals surface area (Å²) in [6.45, 7) is 9.00. The molecule has 9 nitrogen and oxygen atoms in total. The van der Waals surface area contributed by atoms with Crippen LogP contribution in [0.1, 0.15) is 69.1 Å². The van der Waals surface area contributed by atoms with E-state index in [0.717, 1.165) is 16.7 Å². The maximum absolute atomic E-state index is 13.7. The van der Waals surface area contributed by atoms with Gasteiger partial charge >= 0.3 is 5.97 Å². The largest absolute Gasteiger partial charge is 0.488 e. The Labute approximate surface area is 232 Å². The third-order valence-electron chi connectivity index (χ3n) is 6.97. The molecule has 2 aromatic carbocycles. The topological polar surface area (TPSA) is 121 Å². The standard InChI is InChI=1S/C29H40N4O5S/c1-5-26-20-33(39(35,36)28-11-9-8-10-27(28)38-26)19-24-16-22(13-12-21(24)4)23(17-29(34)37-7-3)14-15-25(32-30)18-31-6-2/h8-13,16,18,23,25-26,30H,5-7,14-15,17,19-20H2,1-4H3. The summed E-state index contributed by atoms with van der Waals surface area (Å²) in [5.41, 5.74) is 10.3. The molecule has 0 bridgehead atoms. The summed E-state index contributed by atoms with van der Waals surface area (Å²) in [6.07, 6.45) is 3.44. The Morgan fingerprint density at radius 1 is 1.21 bits per heavy atom. The molecular formula is C29H40N4O5S. The number of aliphatic imine (C=N–C) groups is 1. The highest BCUT2D eigenvalue weighted by Gasteiger charge is 2.34. The molecule has 1 N–H and O–H groups in total. The first-order valence-corrected chi connectivity index (χ1v) is 15.0. The summed E-state index contributed by atoms with van der Waals surface area (Å²) in [5.74, 6) is -0.0792. The summed E-state index contributed by atoms with van der Waals surface area (Å²) in [7, 11) is -3.78. The van der Waals surface area contributed by atoms with E-state index in [2.05, 4.69) is 10.1 Å². The molecule has 0 saturated heterocycles. The zero-order valence-electron chi connectivity index (χ0n) is 23.3. The van der Waals surface area contributed by atoms with Gasteiger partial charge < -0.3 is 9.47 Å². The Morgan fingerprint density at radius 2 is 1.97 bits per heavy atom. The van der Waals surface area contributed by atoms with Crippen LogP contribution in [0.25, 0.3) is 0 Å². The van der Waals surface area contributed by atoms with Gasteiger partial charge in [-0.15, -0.1) is 0 Å². The van der Waals surface area contributed by atoms with Gasteiger partial charge in [-0.05, 0) is 74.8 Å². The average Bonchev–Trinajstić information content (AvgIpc) is 3.03. The highest BCUT2D eigenvalue weighted by atomic mass is 32.2. The van der Waals surface area contributed by atoms with Crippen LogP contribution in [-0.2, 0) is 26.1 Å². The second-order valence-corrected chi connectivity index (χ2v) is 11.6. The number of ether oxygens (including phenoxy) is 2. The molecular weight excluding hydrogens is 516 g/mol. The maximum atomic E-state index is 13.7. The number of rotatable bonds is 13. The van der Waals surface area contributed by atoms with Gasteiger partial charge in [-0.2, -0.15) is 9.42 Å². The van der Waals surface area contributed by atoms with E-state index in [9.17, 15) is 13.2 Å². The molecule has 2 aromatic rings. The van der Waals surface area contributed by atoms with Crippen LogP contribution in [0.3, 0.4) is 0 Å². The minimum atomic E-state index is -3.78. The number of fused-ring (bicyclic) bond motifs is 1. The highest BCUT2D eigenvalue weighted by Crippen LogP contribution is 2.34. The van der Waals surface area contributed by atoms with E-state index in [4.69, 9.17) is 15.0 Å². The molecule has 3 unspecified atom stereocenters. The van der Waals surface area contributed by atoms with Crippen LogP contribution in [0.15, 0.2) is 57.5 Å². The molecule has 0 aliphatic carbocycles. The zero-order chi connectivity index (χ0) is 28.4. The fourth-order valence-corrected chi connectivity index (χ4v) is 6.26. The lowest BCUT2D eigenvalue weighted by Gasteiger charge is -2.24. The number of benzene rings is 2. The van der Waals surface area contributed by atoms with Crippen molar-refractivity contribution in [3.05, 3.63) is 59.2 Å². The molecule has 3 rings (SSSR count). The normalized spacial score (nSPS) is 18.5. The van der Waals surface area contributed by atoms with Crippen molar-refractivity contribution in [3.63, 3.8) is 0 Å². The minimum absolute atomic E-state index is 0.170. The monoisotopic (exact) mass is 556 g/mol. The zero-order valence-corrected chi connectivity index (χ0v) is 24.1. The third-order valence-corrected chi connectivity index (χ3v) is 8.82. The van der Waals surface area contributed by atoms with Crippen LogP contribution in [-0.4, -0.2) is 56.7 Å². The Balaban J connectivity index is 1.92. The van der Waals surface area contributed by atoms with Gasteiger partial charge in [0.05, 0.1) is 19.6 Å². The number of carbonyl (C=O) groups is 1. The quantitative estimate of drug-likeness (QED) is 0.194. The van der Waals surface area contributed by atoms with Gasteiger partial charge in [-0.3, -0.25) is 9.79 Å². The first kappa shape index (κ1) is 30.4. The van der Waals surface area contributed by atoms with Gasteiger partial charge in [0.1, 0.15) is 22.8 Å². The van der Waals surface area contributed by atoms with Crippen molar-refractivity contribution in [2.24, 2.45) is 10.1 Å². The van der Waals surface area contributed by atoms with E-state index in [-0.39, 0.29) is 48.4 Å². The number of nitrogens with zero attached hydrogens (tertiary/aromatic N) is 3. The SMILES string of the molecule is CCN=CC(CCC(CC(=O)OCC)c1ccc(C)c(CN2CC(CC)Oc3ccccc3S2(=O)=O)c1)N=N. The second kappa shape index (κ2) is 14.3. The summed E-state index contributed by atoms with van der Waals surface area (Å²) < 4.78 is 40.1. The number of esters is 1. The van der Waals surface area contributed by atoms with Crippen molar-refractivity contribution in [2.45, 2.75) is 82.9 Å². The predicted octanol–water partition coefficient (Wildman–Crippen LogP) is 5.66. The van der Waals surface area contributed by atoms with Crippen LogP contribution in [0, 0.1) is 12.5 Å². The summed E-state index contributed by atoms with van der Waals surface area (Å²) in [5, 5.41) is 3.67. The van der Waals surface area contributed by atoms with Gasteiger partial charge in [0.15, 0.2) is 0 Å². The molecule has 0 fully saturated rings. The van der Waals surface area contributed by atoms with E-state index in [0.29, 0.717) is 38.2 Å². The van der Waals surface area contributed by atoms with Crippen molar-refractivity contribution in [3.8, 4) is 5.75 Å². The lowest BCUT2D eigenvalue weighted by molar-refractivity contribution is -0.143. The number of sulfonamides is 1. The fraction of sp³-hybridized carbons (Fsp3) is 0.517. The summed E-state index contributed by atoms with van der Waals surface area (Å²) >= 11 is 0. The van der Waals surface area contributed by atoms with E-state index in [1.54, 1.807) is 37.4 Å². The van der Waals surface area contributed by atoms with E-state index >= 15 is 0 Å². The van der Waals surface area contributed by atoms with E-state index < -0.39 is 10.0 Å². The Bertz CT molecular complexity index is 1260. The van der Waals surface area contributed by atoms with Crippen molar-refractivity contribution in [1.82, 2.24) is 4.31 Å². The van der Waals surface area contributed by atoms with E-state index in [1.165, 1.54) is 4.31 Å². The molecule has 1 aliphatic rings. The van der Waals surface area contributed by atoms with Crippen LogP contribution in [0.5, 0.6) is 5.75 Å². The molecule has 1 aliphatic heterocycles. The van der Waals surface area contributed by atoms with Crippen molar-refractivity contribution < 1.29 is 22.7 Å². The Morgan fingerprint density at radius 3 is 2.67 bits per heavy atom. The molecule has 39 heavy (non-hydrogen) atoms. The summed E-state index contributed by atoms with van der Waals surface area (Å²) in [4.78, 5) is 16.9. The number of nitrogens with one attached hydrogen (secondary N) is 1. The van der Waals surface area contributed by atoms with Crippen LogP contribution >= 0.6 is 0 Å². The van der Waals surface area contributed by atoms with Crippen LogP contribution in [0.2, 0.25) is 0 Å². The molecule has 0 spiro atoms. The molecule has 0 aromatic heterocycles. The number of hydrogen-bond donors (Lipinski definition) is 1. The minimum Gasteiger partial charge on any atom is -0.488 e.